The lowest BCUT2D eigenvalue weighted by molar-refractivity contribution is -0.140. The van der Waals surface area contributed by atoms with Crippen LogP contribution < -0.4 is 0 Å². The molecule has 0 saturated carbocycles. The molecule has 102 valence electrons. The second-order valence-corrected chi connectivity index (χ2v) is 5.86. The Morgan fingerprint density at radius 1 is 1.22 bits per heavy atom. The number of carbonyl (C=O) groups is 2. The van der Waals surface area contributed by atoms with Gasteiger partial charge in [-0.25, -0.2) is 0 Å². The largest absolute Gasteiger partial charge is 0.481 e. The highest BCUT2D eigenvalue weighted by atomic mass is 16.4. The fourth-order valence-electron chi connectivity index (χ4n) is 3.46. The van der Waals surface area contributed by atoms with Crippen molar-refractivity contribution >= 4 is 11.9 Å². The number of carboxylic acid groups (broad SMARTS) is 1. The number of hydrogen-bond donors (Lipinski definition) is 1. The standard InChI is InChI=1S/C13H22N2O3/c1-14(2)8-12(16)15-10-3-4-11(15)6-9(5-10)7-13(17)18/h9-11H,3-8H2,1-2H3,(H,17,18). The molecule has 18 heavy (non-hydrogen) atoms. The predicted molar refractivity (Wildman–Crippen MR) is 67.2 cm³/mol. The minimum atomic E-state index is -0.715. The zero-order chi connectivity index (χ0) is 13.3. The third-order valence-corrected chi connectivity index (χ3v) is 4.03. The van der Waals surface area contributed by atoms with Crippen molar-refractivity contribution in [2.24, 2.45) is 5.92 Å². The van der Waals surface area contributed by atoms with E-state index in [0.29, 0.717) is 6.54 Å². The van der Waals surface area contributed by atoms with Gasteiger partial charge >= 0.3 is 5.97 Å². The van der Waals surface area contributed by atoms with Gasteiger partial charge in [0.2, 0.25) is 5.91 Å². The van der Waals surface area contributed by atoms with E-state index in [1.807, 2.05) is 23.9 Å². The molecular formula is C13H22N2O3. The molecule has 0 spiro atoms. The van der Waals surface area contributed by atoms with E-state index in [2.05, 4.69) is 0 Å². The number of aliphatic carboxylic acids is 1. The van der Waals surface area contributed by atoms with Gasteiger partial charge in [-0.2, -0.15) is 0 Å². The molecule has 2 aliphatic rings. The first-order valence-electron chi connectivity index (χ1n) is 6.65. The summed E-state index contributed by atoms with van der Waals surface area (Å²) in [6, 6.07) is 0.557. The maximum Gasteiger partial charge on any atom is 0.303 e. The van der Waals surface area contributed by atoms with Crippen LogP contribution >= 0.6 is 0 Å². The van der Waals surface area contributed by atoms with Crippen molar-refractivity contribution in [1.82, 2.24) is 9.80 Å². The molecule has 0 aliphatic carbocycles. The van der Waals surface area contributed by atoms with Gasteiger partial charge in [0.25, 0.3) is 0 Å². The monoisotopic (exact) mass is 254 g/mol. The molecule has 2 rings (SSSR count). The summed E-state index contributed by atoms with van der Waals surface area (Å²) in [5.74, 6) is -0.267. The van der Waals surface area contributed by atoms with Crippen molar-refractivity contribution < 1.29 is 14.7 Å². The third-order valence-electron chi connectivity index (χ3n) is 4.03. The summed E-state index contributed by atoms with van der Waals surface area (Å²) in [6.07, 6.45) is 4.06. The molecule has 0 radical (unpaired) electrons. The maximum atomic E-state index is 12.2. The zero-order valence-corrected chi connectivity index (χ0v) is 11.1. The van der Waals surface area contributed by atoms with E-state index < -0.39 is 5.97 Å². The lowest BCUT2D eigenvalue weighted by atomic mass is 9.88. The number of rotatable bonds is 4. The summed E-state index contributed by atoms with van der Waals surface area (Å²) in [5, 5.41) is 8.87. The van der Waals surface area contributed by atoms with Crippen LogP contribution in [0, 0.1) is 5.92 Å². The van der Waals surface area contributed by atoms with Crippen LogP contribution in [0.2, 0.25) is 0 Å². The number of fused-ring (bicyclic) bond motifs is 2. The molecule has 2 heterocycles. The van der Waals surface area contributed by atoms with Crippen LogP contribution in [0.3, 0.4) is 0 Å². The average molecular weight is 254 g/mol. The smallest absolute Gasteiger partial charge is 0.303 e. The molecule has 2 saturated heterocycles. The summed E-state index contributed by atoms with van der Waals surface area (Å²) < 4.78 is 0. The van der Waals surface area contributed by atoms with Gasteiger partial charge in [-0.05, 0) is 45.7 Å². The zero-order valence-electron chi connectivity index (χ0n) is 11.1. The second-order valence-electron chi connectivity index (χ2n) is 5.86. The molecule has 5 heteroatoms. The molecule has 1 amide bonds. The van der Waals surface area contributed by atoms with Crippen LogP contribution in [-0.2, 0) is 9.59 Å². The van der Waals surface area contributed by atoms with E-state index in [9.17, 15) is 9.59 Å². The Labute approximate surface area is 108 Å². The van der Waals surface area contributed by atoms with E-state index in [1.54, 1.807) is 0 Å². The molecule has 0 aromatic rings. The van der Waals surface area contributed by atoms with E-state index in [0.717, 1.165) is 25.7 Å². The number of likely N-dealkylation sites (N-methyl/N-ethyl adjacent to an activating group) is 1. The fraction of sp³-hybridized carbons (Fsp3) is 0.846. The summed E-state index contributed by atoms with van der Waals surface area (Å²) in [4.78, 5) is 26.9. The Hall–Kier alpha value is -1.10. The highest BCUT2D eigenvalue weighted by Gasteiger charge is 2.43. The van der Waals surface area contributed by atoms with Crippen LogP contribution in [0.15, 0.2) is 0 Å². The Kier molecular flexibility index (Phi) is 3.90. The van der Waals surface area contributed by atoms with Crippen molar-refractivity contribution in [3.8, 4) is 0 Å². The fourth-order valence-corrected chi connectivity index (χ4v) is 3.46. The Morgan fingerprint density at radius 3 is 2.22 bits per heavy atom. The van der Waals surface area contributed by atoms with Crippen LogP contribution in [-0.4, -0.2) is 59.5 Å². The maximum absolute atomic E-state index is 12.2. The van der Waals surface area contributed by atoms with E-state index in [1.165, 1.54) is 0 Å². The van der Waals surface area contributed by atoms with Gasteiger partial charge in [0, 0.05) is 18.5 Å². The van der Waals surface area contributed by atoms with Crippen LogP contribution in [0.5, 0.6) is 0 Å². The van der Waals surface area contributed by atoms with Crippen LogP contribution in [0.25, 0.3) is 0 Å². The Morgan fingerprint density at radius 2 is 1.78 bits per heavy atom. The lowest BCUT2D eigenvalue weighted by Gasteiger charge is -2.39. The highest BCUT2D eigenvalue weighted by molar-refractivity contribution is 5.79. The number of amides is 1. The number of carbonyl (C=O) groups excluding carboxylic acids is 1. The number of nitrogens with zero attached hydrogens (tertiary/aromatic N) is 2. The van der Waals surface area contributed by atoms with Gasteiger partial charge < -0.3 is 14.9 Å². The summed E-state index contributed by atoms with van der Waals surface area (Å²) in [7, 11) is 3.80. The van der Waals surface area contributed by atoms with Crippen molar-refractivity contribution in [3.05, 3.63) is 0 Å². The van der Waals surface area contributed by atoms with E-state index in [-0.39, 0.29) is 30.3 Å². The van der Waals surface area contributed by atoms with Crippen molar-refractivity contribution in [1.29, 1.82) is 0 Å². The van der Waals surface area contributed by atoms with Crippen molar-refractivity contribution in [2.75, 3.05) is 20.6 Å². The van der Waals surface area contributed by atoms with Gasteiger partial charge in [-0.15, -0.1) is 0 Å². The van der Waals surface area contributed by atoms with Gasteiger partial charge in [0.1, 0.15) is 0 Å². The first-order valence-corrected chi connectivity index (χ1v) is 6.65. The van der Waals surface area contributed by atoms with E-state index in [4.69, 9.17) is 5.11 Å². The molecule has 0 aromatic heterocycles. The molecule has 5 nitrogen and oxygen atoms in total. The van der Waals surface area contributed by atoms with Gasteiger partial charge in [0.15, 0.2) is 0 Å². The lowest BCUT2D eigenvalue weighted by Crippen LogP contribution is -2.49. The first-order chi connectivity index (χ1) is 8.47. The Balaban J connectivity index is 1.97. The van der Waals surface area contributed by atoms with Crippen molar-refractivity contribution in [2.45, 2.75) is 44.2 Å². The average Bonchev–Trinajstić information content (AvgIpc) is 2.49. The molecule has 1 N–H and O–H groups in total. The minimum absolute atomic E-state index is 0.196. The summed E-state index contributed by atoms with van der Waals surface area (Å²) in [6.45, 7) is 0.455. The third kappa shape index (κ3) is 2.83. The second kappa shape index (κ2) is 5.26. The molecule has 2 atom stereocenters. The Bertz CT molecular complexity index is 329. The van der Waals surface area contributed by atoms with Crippen LogP contribution in [0.1, 0.15) is 32.1 Å². The summed E-state index contributed by atoms with van der Waals surface area (Å²) in [5.41, 5.74) is 0. The predicted octanol–water partition coefficient (Wildman–Crippen LogP) is 0.792. The first kappa shape index (κ1) is 13.3. The topological polar surface area (TPSA) is 60.9 Å². The van der Waals surface area contributed by atoms with Crippen molar-refractivity contribution in [3.63, 3.8) is 0 Å². The normalized spacial score (nSPS) is 30.8. The molecule has 2 unspecified atom stereocenters. The molecule has 2 fully saturated rings. The molecule has 2 bridgehead atoms. The minimum Gasteiger partial charge on any atom is -0.481 e. The van der Waals surface area contributed by atoms with Gasteiger partial charge in [-0.1, -0.05) is 0 Å². The van der Waals surface area contributed by atoms with E-state index >= 15 is 0 Å². The molecule has 0 aromatic carbocycles. The molecular weight excluding hydrogens is 232 g/mol. The van der Waals surface area contributed by atoms with Gasteiger partial charge in [0.05, 0.1) is 6.54 Å². The van der Waals surface area contributed by atoms with Crippen LogP contribution in [0.4, 0.5) is 0 Å². The quantitative estimate of drug-likeness (QED) is 0.806. The van der Waals surface area contributed by atoms with Gasteiger partial charge in [-0.3, -0.25) is 9.59 Å². The molecule has 2 aliphatic heterocycles. The number of carboxylic acids is 1. The SMILES string of the molecule is CN(C)CC(=O)N1C2CCC1CC(CC(=O)O)C2. The highest BCUT2D eigenvalue weighted by Crippen LogP contribution is 2.39. The number of piperidine rings is 1. The number of hydrogen-bond acceptors (Lipinski definition) is 3. The summed E-state index contributed by atoms with van der Waals surface area (Å²) >= 11 is 0.